The Balaban J connectivity index is 1.92. The number of benzene rings is 2. The zero-order chi connectivity index (χ0) is 26.0. The van der Waals surface area contributed by atoms with E-state index < -0.39 is 42.8 Å². The molecule has 0 aromatic heterocycles. The summed E-state index contributed by atoms with van der Waals surface area (Å²) in [5.41, 5.74) is 5.84. The lowest BCUT2D eigenvalue weighted by Gasteiger charge is -2.16. The Bertz CT molecular complexity index is 1190. The molecule has 182 valence electrons. The van der Waals surface area contributed by atoms with Crippen LogP contribution in [0, 0.1) is 11.5 Å². The molecule has 7 N–H and O–H groups in total. The molecule has 0 radical (unpaired) electrons. The van der Waals surface area contributed by atoms with E-state index >= 15 is 0 Å². The number of guanidine groups is 1. The zero-order valence-corrected chi connectivity index (χ0v) is 19.4. The van der Waals surface area contributed by atoms with Crippen LogP contribution in [0.15, 0.2) is 47.5 Å². The fourth-order valence-corrected chi connectivity index (χ4v) is 3.20. The van der Waals surface area contributed by atoms with E-state index in [9.17, 15) is 24.3 Å². The first-order chi connectivity index (χ1) is 16.6. The van der Waals surface area contributed by atoms with Crippen LogP contribution in [0.5, 0.6) is 0 Å². The van der Waals surface area contributed by atoms with Crippen LogP contribution in [0.2, 0.25) is 10.0 Å². The number of nitrogens with two attached hydrogens (primary N) is 1. The van der Waals surface area contributed by atoms with E-state index in [1.807, 2.05) is 0 Å². The highest BCUT2D eigenvalue weighted by Gasteiger charge is 2.24. The van der Waals surface area contributed by atoms with Crippen molar-refractivity contribution in [3.05, 3.63) is 63.6 Å². The number of aliphatic imine (C=N–C) groups is 1. The SMILES string of the molecule is N#CNC(N)=Nc1cccc(C(=O)NCC(=O)NC[C@H](NC(=O)c2c(Cl)cccc2Cl)C(=O)O)c1. The summed E-state index contributed by atoms with van der Waals surface area (Å²) in [5.74, 6) is -3.72. The number of hydrogen-bond acceptors (Lipinski definition) is 6. The number of carbonyl (C=O) groups excluding carboxylic acids is 3. The van der Waals surface area contributed by atoms with Crippen molar-refractivity contribution in [2.24, 2.45) is 10.7 Å². The maximum Gasteiger partial charge on any atom is 0.328 e. The molecule has 0 fully saturated rings. The molecule has 0 saturated carbocycles. The maximum absolute atomic E-state index is 12.4. The van der Waals surface area contributed by atoms with Crippen LogP contribution >= 0.6 is 23.2 Å². The fraction of sp³-hybridized carbons (Fsp3) is 0.143. The van der Waals surface area contributed by atoms with Crippen molar-refractivity contribution >= 4 is 58.5 Å². The summed E-state index contributed by atoms with van der Waals surface area (Å²) in [7, 11) is 0. The predicted octanol–water partition coefficient (Wildman–Crippen LogP) is 0.739. The van der Waals surface area contributed by atoms with Crippen LogP contribution in [-0.2, 0) is 9.59 Å². The van der Waals surface area contributed by atoms with Gasteiger partial charge in [0.25, 0.3) is 11.8 Å². The molecule has 0 bridgehead atoms. The molecule has 3 amide bonds. The van der Waals surface area contributed by atoms with Crippen molar-refractivity contribution in [3.8, 4) is 6.19 Å². The van der Waals surface area contributed by atoms with Gasteiger partial charge in [-0.1, -0.05) is 35.3 Å². The third-order valence-electron chi connectivity index (χ3n) is 4.25. The first-order valence-electron chi connectivity index (χ1n) is 9.74. The van der Waals surface area contributed by atoms with Gasteiger partial charge < -0.3 is 26.8 Å². The Morgan fingerprint density at radius 3 is 2.34 bits per heavy atom. The zero-order valence-electron chi connectivity index (χ0n) is 17.8. The minimum atomic E-state index is -1.49. The summed E-state index contributed by atoms with van der Waals surface area (Å²) >= 11 is 11.9. The van der Waals surface area contributed by atoms with Crippen LogP contribution in [-0.4, -0.2) is 53.9 Å². The van der Waals surface area contributed by atoms with E-state index in [4.69, 9.17) is 34.2 Å². The Hall–Kier alpha value is -4.34. The van der Waals surface area contributed by atoms with Gasteiger partial charge in [0.15, 0.2) is 6.19 Å². The number of rotatable bonds is 9. The van der Waals surface area contributed by atoms with E-state index in [1.54, 1.807) is 12.3 Å². The number of hydrogen-bond donors (Lipinski definition) is 6. The number of aliphatic carboxylic acids is 1. The Kier molecular flexibility index (Phi) is 9.83. The second-order valence-corrected chi connectivity index (χ2v) is 7.55. The predicted molar refractivity (Wildman–Crippen MR) is 127 cm³/mol. The van der Waals surface area contributed by atoms with Crippen LogP contribution in [0.25, 0.3) is 0 Å². The van der Waals surface area contributed by atoms with Crippen LogP contribution in [0.3, 0.4) is 0 Å². The quantitative estimate of drug-likeness (QED) is 0.120. The minimum Gasteiger partial charge on any atom is -0.480 e. The smallest absolute Gasteiger partial charge is 0.328 e. The summed E-state index contributed by atoms with van der Waals surface area (Å²) in [6, 6.07) is 8.80. The van der Waals surface area contributed by atoms with Gasteiger partial charge in [-0.05, 0) is 30.3 Å². The average Bonchev–Trinajstić information content (AvgIpc) is 2.80. The topological polar surface area (TPSA) is 199 Å². The molecule has 12 nitrogen and oxygen atoms in total. The van der Waals surface area contributed by atoms with Gasteiger partial charge in [-0.15, -0.1) is 0 Å². The lowest BCUT2D eigenvalue weighted by atomic mass is 10.2. The van der Waals surface area contributed by atoms with Gasteiger partial charge in [0.1, 0.15) is 6.04 Å². The number of nitriles is 1. The van der Waals surface area contributed by atoms with Gasteiger partial charge in [0, 0.05) is 12.1 Å². The monoisotopic (exact) mass is 519 g/mol. The Morgan fingerprint density at radius 2 is 1.71 bits per heavy atom. The minimum absolute atomic E-state index is 0.0321. The molecule has 2 aromatic carbocycles. The molecule has 0 aliphatic rings. The maximum atomic E-state index is 12.4. The van der Waals surface area contributed by atoms with Gasteiger partial charge in [0.05, 0.1) is 27.8 Å². The summed E-state index contributed by atoms with van der Waals surface area (Å²) in [5, 5.41) is 27.0. The fourth-order valence-electron chi connectivity index (χ4n) is 2.63. The van der Waals surface area contributed by atoms with Crippen LogP contribution in [0.4, 0.5) is 5.69 Å². The Labute approximate surface area is 209 Å². The van der Waals surface area contributed by atoms with Crippen molar-refractivity contribution < 1.29 is 24.3 Å². The number of nitrogens with one attached hydrogen (secondary N) is 4. The van der Waals surface area contributed by atoms with Gasteiger partial charge >= 0.3 is 5.97 Å². The highest BCUT2D eigenvalue weighted by atomic mass is 35.5. The summed E-state index contributed by atoms with van der Waals surface area (Å²) < 4.78 is 0. The molecule has 1 atom stereocenters. The van der Waals surface area contributed by atoms with E-state index in [0.29, 0.717) is 5.69 Å². The lowest BCUT2D eigenvalue weighted by molar-refractivity contribution is -0.139. The Morgan fingerprint density at radius 1 is 1.06 bits per heavy atom. The normalized spacial score (nSPS) is 11.5. The van der Waals surface area contributed by atoms with Gasteiger partial charge in [-0.2, -0.15) is 5.26 Å². The highest BCUT2D eigenvalue weighted by Crippen LogP contribution is 2.24. The molecule has 0 unspecified atom stereocenters. The van der Waals surface area contributed by atoms with E-state index in [0.717, 1.165) is 0 Å². The molecule has 2 aromatic rings. The van der Waals surface area contributed by atoms with Gasteiger partial charge in [-0.3, -0.25) is 19.7 Å². The van der Waals surface area contributed by atoms with Crippen molar-refractivity contribution in [2.45, 2.75) is 6.04 Å². The third kappa shape index (κ3) is 8.18. The van der Waals surface area contributed by atoms with E-state index in [2.05, 4.69) is 26.3 Å². The summed E-state index contributed by atoms with van der Waals surface area (Å²) in [6.45, 7) is -0.936. The van der Waals surface area contributed by atoms with Crippen LogP contribution in [0.1, 0.15) is 20.7 Å². The number of nitrogens with zero attached hydrogens (tertiary/aromatic N) is 2. The van der Waals surface area contributed by atoms with Crippen molar-refractivity contribution in [1.29, 1.82) is 5.26 Å². The molecule has 35 heavy (non-hydrogen) atoms. The number of halogens is 2. The standard InChI is InChI=1S/C21H19Cl2N7O5/c22-13-5-2-6-14(23)17(13)19(33)30-15(20(34)35)8-26-16(31)9-27-18(32)11-3-1-4-12(7-11)29-21(25)28-10-24/h1-7,15H,8-9H2,(H,26,31)(H,27,32)(H,30,33)(H,34,35)(H3,25,28,29)/t15-/m0/s1. The number of carboxylic acid groups (broad SMARTS) is 1. The molecule has 0 aliphatic heterocycles. The van der Waals surface area contributed by atoms with Gasteiger partial charge in [0.2, 0.25) is 11.9 Å². The lowest BCUT2D eigenvalue weighted by Crippen LogP contribution is -2.50. The summed E-state index contributed by atoms with van der Waals surface area (Å²) in [6.07, 6.45) is 1.61. The van der Waals surface area contributed by atoms with Crippen molar-refractivity contribution in [2.75, 3.05) is 13.1 Å². The first-order valence-corrected chi connectivity index (χ1v) is 10.5. The molecule has 0 spiro atoms. The van der Waals surface area contributed by atoms with Crippen LogP contribution < -0.4 is 27.0 Å². The molecule has 0 heterocycles. The van der Waals surface area contributed by atoms with E-state index in [-0.39, 0.29) is 27.1 Å². The molecule has 0 saturated heterocycles. The number of carboxylic acids is 1. The van der Waals surface area contributed by atoms with E-state index in [1.165, 1.54) is 36.4 Å². The highest BCUT2D eigenvalue weighted by molar-refractivity contribution is 6.39. The molecular weight excluding hydrogens is 501 g/mol. The van der Waals surface area contributed by atoms with Crippen molar-refractivity contribution in [1.82, 2.24) is 21.3 Å². The summed E-state index contributed by atoms with van der Waals surface area (Å²) in [4.78, 5) is 52.2. The van der Waals surface area contributed by atoms with Crippen molar-refractivity contribution in [3.63, 3.8) is 0 Å². The molecule has 2 rings (SSSR count). The first kappa shape index (κ1) is 26.9. The second kappa shape index (κ2) is 12.8. The van der Waals surface area contributed by atoms with Gasteiger partial charge in [-0.25, -0.2) is 9.79 Å². The molecule has 0 aliphatic carbocycles. The number of amides is 3. The second-order valence-electron chi connectivity index (χ2n) is 6.73. The third-order valence-corrected chi connectivity index (χ3v) is 4.88. The number of carbonyl (C=O) groups is 4. The largest absolute Gasteiger partial charge is 0.480 e. The average molecular weight is 520 g/mol. The molecule has 14 heteroatoms. The molecular formula is C21H19Cl2N7O5.